The van der Waals surface area contributed by atoms with Gasteiger partial charge in [-0.3, -0.25) is 0 Å². The van der Waals surface area contributed by atoms with Gasteiger partial charge < -0.3 is 0 Å². The number of hydrogen-bond donors (Lipinski definition) is 0. The van der Waals surface area contributed by atoms with E-state index in [1.807, 2.05) is 18.2 Å². The van der Waals surface area contributed by atoms with Gasteiger partial charge in [0.15, 0.2) is 11.6 Å². The predicted octanol–water partition coefficient (Wildman–Crippen LogP) is 8.73. The molecule has 2 aliphatic carbocycles. The van der Waals surface area contributed by atoms with E-state index in [4.69, 9.17) is 0 Å². The second kappa shape index (κ2) is 9.62. The molecule has 4 atom stereocenters. The molecule has 2 aromatic carbocycles. The number of allylic oxidation sites excluding steroid dienone is 1. The van der Waals surface area contributed by atoms with E-state index in [0.29, 0.717) is 29.7 Å². The van der Waals surface area contributed by atoms with Crippen LogP contribution in [0.3, 0.4) is 0 Å². The number of benzene rings is 2. The first-order chi connectivity index (χ1) is 14.6. The second-order valence-electron chi connectivity index (χ2n) is 9.82. The molecule has 0 amide bonds. The molecule has 162 valence electrons. The minimum absolute atomic E-state index is 0.442. The maximum atomic E-state index is 14.8. The highest BCUT2D eigenvalue weighted by Crippen LogP contribution is 2.48. The predicted molar refractivity (Wildman–Crippen MR) is 123 cm³/mol. The summed E-state index contributed by atoms with van der Waals surface area (Å²) in [5.41, 5.74) is 1.65. The maximum Gasteiger partial charge on any atom is 0.166 e. The van der Waals surface area contributed by atoms with Gasteiger partial charge in [-0.05, 0) is 97.3 Å². The van der Waals surface area contributed by atoms with E-state index >= 15 is 0 Å². The number of unbranched alkanes of at least 4 members (excludes halogenated alkanes) is 1. The van der Waals surface area contributed by atoms with Crippen LogP contribution >= 0.6 is 0 Å². The summed E-state index contributed by atoms with van der Waals surface area (Å²) in [6, 6.07) is 7.91. The summed E-state index contributed by atoms with van der Waals surface area (Å²) >= 11 is 0. The standard InChI is InChI=1S/C28H36F2/c1-3-5-7-19-9-10-21-16-22(12-11-20(21)15-19)23-13-14-24-17-25(8-6-4-2)27(29)28(30)26(24)18-23/h4,13-14,17-22H,2-3,5-12,15-16H2,1H3/t19?,20-,21?,22-/m1/s1. The van der Waals surface area contributed by atoms with Crippen LogP contribution in [0.15, 0.2) is 36.9 Å². The van der Waals surface area contributed by atoms with Gasteiger partial charge in [0.25, 0.3) is 0 Å². The summed E-state index contributed by atoms with van der Waals surface area (Å²) in [5.74, 6) is 1.77. The molecule has 2 saturated carbocycles. The third-order valence-electron chi connectivity index (χ3n) is 7.89. The Kier molecular flexibility index (Phi) is 6.91. The van der Waals surface area contributed by atoms with Crippen LogP contribution in [0.25, 0.3) is 10.8 Å². The fraction of sp³-hybridized carbons (Fsp3) is 0.571. The van der Waals surface area contributed by atoms with Crippen molar-refractivity contribution < 1.29 is 8.78 Å². The first kappa shape index (κ1) is 21.5. The Balaban J connectivity index is 1.49. The van der Waals surface area contributed by atoms with E-state index in [1.165, 1.54) is 63.4 Å². The molecule has 0 bridgehead atoms. The molecule has 0 aromatic heterocycles. The average molecular weight is 411 g/mol. The SMILES string of the molecule is C=CCCc1cc2ccc([C@@H]3CC[C@@H]4CC(CCCC)CCC4C3)cc2c(F)c1F. The van der Waals surface area contributed by atoms with Crippen LogP contribution in [0.2, 0.25) is 0 Å². The van der Waals surface area contributed by atoms with E-state index in [0.717, 1.165) is 23.1 Å². The van der Waals surface area contributed by atoms with Crippen LogP contribution in [0.4, 0.5) is 8.78 Å². The number of rotatable bonds is 7. The highest BCUT2D eigenvalue weighted by Gasteiger charge is 2.35. The molecule has 2 unspecified atom stereocenters. The lowest BCUT2D eigenvalue weighted by Crippen LogP contribution is -2.30. The maximum absolute atomic E-state index is 14.8. The molecule has 2 fully saturated rings. The Morgan fingerprint density at radius 3 is 2.60 bits per heavy atom. The molecular formula is C28H36F2. The molecule has 2 aliphatic rings. The third-order valence-corrected chi connectivity index (χ3v) is 7.89. The quantitative estimate of drug-likeness (QED) is 0.400. The lowest BCUT2D eigenvalue weighted by Gasteiger charge is -2.42. The van der Waals surface area contributed by atoms with E-state index in [1.54, 1.807) is 6.08 Å². The Labute approximate surface area is 180 Å². The van der Waals surface area contributed by atoms with E-state index in [2.05, 4.69) is 19.6 Å². The van der Waals surface area contributed by atoms with Crippen LogP contribution in [0.5, 0.6) is 0 Å². The van der Waals surface area contributed by atoms with Crippen molar-refractivity contribution >= 4 is 10.8 Å². The molecule has 4 rings (SSSR count). The van der Waals surface area contributed by atoms with Crippen molar-refractivity contribution in [3.63, 3.8) is 0 Å². The number of fused-ring (bicyclic) bond motifs is 2. The third kappa shape index (κ3) is 4.48. The largest absolute Gasteiger partial charge is 0.203 e. The Morgan fingerprint density at radius 1 is 1.00 bits per heavy atom. The molecule has 0 aliphatic heterocycles. The number of halogens is 2. The topological polar surface area (TPSA) is 0 Å². The molecule has 0 N–H and O–H groups in total. The zero-order valence-corrected chi connectivity index (χ0v) is 18.4. The Bertz CT molecular complexity index is 884. The lowest BCUT2D eigenvalue weighted by atomic mass is 9.63. The molecule has 0 spiro atoms. The molecule has 2 aromatic rings. The van der Waals surface area contributed by atoms with Crippen LogP contribution in [-0.4, -0.2) is 0 Å². The van der Waals surface area contributed by atoms with Crippen molar-refractivity contribution in [3.8, 4) is 0 Å². The lowest BCUT2D eigenvalue weighted by molar-refractivity contribution is 0.113. The summed E-state index contributed by atoms with van der Waals surface area (Å²) in [6.07, 6.45) is 14.9. The number of hydrogen-bond acceptors (Lipinski definition) is 0. The van der Waals surface area contributed by atoms with Gasteiger partial charge >= 0.3 is 0 Å². The summed E-state index contributed by atoms with van der Waals surface area (Å²) in [7, 11) is 0. The van der Waals surface area contributed by atoms with Crippen molar-refractivity contribution in [2.75, 3.05) is 0 Å². The fourth-order valence-corrected chi connectivity index (χ4v) is 6.14. The smallest absolute Gasteiger partial charge is 0.166 e. The minimum atomic E-state index is -0.685. The molecule has 0 saturated heterocycles. The fourth-order valence-electron chi connectivity index (χ4n) is 6.14. The molecule has 2 heteroatoms. The first-order valence-electron chi connectivity index (χ1n) is 12.1. The van der Waals surface area contributed by atoms with E-state index in [9.17, 15) is 8.78 Å². The first-order valence-corrected chi connectivity index (χ1v) is 12.1. The normalized spacial score (nSPS) is 26.5. The summed E-state index contributed by atoms with van der Waals surface area (Å²) < 4.78 is 29.4. The minimum Gasteiger partial charge on any atom is -0.203 e. The van der Waals surface area contributed by atoms with Crippen molar-refractivity contribution in [1.29, 1.82) is 0 Å². The second-order valence-corrected chi connectivity index (χ2v) is 9.82. The molecule has 0 heterocycles. The van der Waals surface area contributed by atoms with E-state index < -0.39 is 11.6 Å². The molecule has 0 nitrogen and oxygen atoms in total. The van der Waals surface area contributed by atoms with Crippen LogP contribution in [0, 0.1) is 29.4 Å². The molecular weight excluding hydrogens is 374 g/mol. The highest BCUT2D eigenvalue weighted by molar-refractivity contribution is 5.85. The highest BCUT2D eigenvalue weighted by atomic mass is 19.2. The Hall–Kier alpha value is -1.70. The summed E-state index contributed by atoms with van der Waals surface area (Å²) in [6.45, 7) is 5.97. The van der Waals surface area contributed by atoms with Gasteiger partial charge in [0.2, 0.25) is 0 Å². The number of aryl methyl sites for hydroxylation is 1. The molecule has 30 heavy (non-hydrogen) atoms. The van der Waals surface area contributed by atoms with E-state index in [-0.39, 0.29) is 0 Å². The molecule has 0 radical (unpaired) electrons. The van der Waals surface area contributed by atoms with Gasteiger partial charge in [0, 0.05) is 5.39 Å². The monoisotopic (exact) mass is 410 g/mol. The van der Waals surface area contributed by atoms with Crippen LogP contribution in [-0.2, 0) is 6.42 Å². The van der Waals surface area contributed by atoms with Gasteiger partial charge in [-0.2, -0.15) is 0 Å². The van der Waals surface area contributed by atoms with Gasteiger partial charge in [-0.25, -0.2) is 8.78 Å². The van der Waals surface area contributed by atoms with Gasteiger partial charge in [-0.1, -0.05) is 50.8 Å². The summed E-state index contributed by atoms with van der Waals surface area (Å²) in [4.78, 5) is 0. The Morgan fingerprint density at radius 2 is 1.80 bits per heavy atom. The van der Waals surface area contributed by atoms with Crippen molar-refractivity contribution in [2.24, 2.45) is 17.8 Å². The van der Waals surface area contributed by atoms with Crippen LogP contribution in [0.1, 0.15) is 88.2 Å². The zero-order chi connectivity index (χ0) is 21.1. The average Bonchev–Trinajstić information content (AvgIpc) is 2.78. The van der Waals surface area contributed by atoms with Gasteiger partial charge in [0.1, 0.15) is 0 Å². The zero-order valence-electron chi connectivity index (χ0n) is 18.4. The van der Waals surface area contributed by atoms with Gasteiger partial charge in [0.05, 0.1) is 0 Å². The summed E-state index contributed by atoms with van der Waals surface area (Å²) in [5, 5.41) is 1.25. The van der Waals surface area contributed by atoms with Crippen molar-refractivity contribution in [3.05, 3.63) is 59.7 Å². The van der Waals surface area contributed by atoms with Crippen LogP contribution < -0.4 is 0 Å². The van der Waals surface area contributed by atoms with Gasteiger partial charge in [-0.15, -0.1) is 6.58 Å². The van der Waals surface area contributed by atoms with Crippen molar-refractivity contribution in [1.82, 2.24) is 0 Å². The van der Waals surface area contributed by atoms with Crippen molar-refractivity contribution in [2.45, 2.75) is 83.5 Å².